The lowest BCUT2D eigenvalue weighted by molar-refractivity contribution is 0.251. The maximum Gasteiger partial charge on any atom is 0.151 e. The number of nitrogens with one attached hydrogen (secondary N) is 1. The van der Waals surface area contributed by atoms with Crippen LogP contribution in [0.2, 0.25) is 0 Å². The van der Waals surface area contributed by atoms with E-state index >= 15 is 0 Å². The van der Waals surface area contributed by atoms with E-state index in [1.807, 2.05) is 7.05 Å². The lowest BCUT2D eigenvalue weighted by Crippen LogP contribution is -2.32. The number of nitrogens with zero attached hydrogens (tertiary/aromatic N) is 2. The molecule has 1 aromatic rings. The Kier molecular flexibility index (Phi) is 5.17. The number of thiazole rings is 1. The number of aromatic nitrogens is 1. The van der Waals surface area contributed by atoms with E-state index in [0.29, 0.717) is 11.8 Å². The minimum absolute atomic E-state index is 0.138. The van der Waals surface area contributed by atoms with Gasteiger partial charge in [-0.05, 0) is 13.5 Å². The van der Waals surface area contributed by atoms with Gasteiger partial charge in [0, 0.05) is 30.6 Å². The first kappa shape index (κ1) is 15.9. The van der Waals surface area contributed by atoms with Crippen LogP contribution in [-0.2, 0) is 22.9 Å². The average molecular weight is 317 g/mol. The molecule has 0 radical (unpaired) electrons. The highest BCUT2D eigenvalue weighted by atomic mass is 32.2. The molecule has 0 amide bonds. The van der Waals surface area contributed by atoms with Gasteiger partial charge in [0.25, 0.3) is 0 Å². The molecule has 1 N–H and O–H groups in total. The van der Waals surface area contributed by atoms with Crippen LogP contribution in [0.5, 0.6) is 0 Å². The van der Waals surface area contributed by atoms with Gasteiger partial charge in [-0.25, -0.2) is 13.4 Å². The first-order chi connectivity index (χ1) is 9.35. The van der Waals surface area contributed by atoms with Crippen LogP contribution in [-0.4, -0.2) is 48.9 Å². The molecule has 2 heterocycles. The summed E-state index contributed by atoms with van der Waals surface area (Å²) in [6, 6.07) is 0.590. The third-order valence-electron chi connectivity index (χ3n) is 3.50. The summed E-state index contributed by atoms with van der Waals surface area (Å²) in [5, 5.41) is 6.50. The van der Waals surface area contributed by atoms with E-state index in [0.717, 1.165) is 30.2 Å². The topological polar surface area (TPSA) is 62.3 Å². The second-order valence-corrected chi connectivity index (χ2v) is 8.91. The molecule has 1 fully saturated rings. The summed E-state index contributed by atoms with van der Waals surface area (Å²) < 4.78 is 23.0. The number of hydrogen-bond acceptors (Lipinski definition) is 6. The lowest BCUT2D eigenvalue weighted by Gasteiger charge is -2.21. The van der Waals surface area contributed by atoms with Gasteiger partial charge in [-0.1, -0.05) is 13.8 Å². The molecule has 0 aliphatic carbocycles. The van der Waals surface area contributed by atoms with Crippen molar-refractivity contribution >= 4 is 21.2 Å². The Hall–Kier alpha value is -0.500. The van der Waals surface area contributed by atoms with Crippen LogP contribution >= 0.6 is 11.3 Å². The normalized spacial score (nSPS) is 21.9. The van der Waals surface area contributed by atoms with Gasteiger partial charge in [0.2, 0.25) is 0 Å². The zero-order chi connectivity index (χ0) is 14.8. The zero-order valence-electron chi connectivity index (χ0n) is 12.3. The van der Waals surface area contributed by atoms with Crippen molar-refractivity contribution in [2.24, 2.45) is 0 Å². The van der Waals surface area contributed by atoms with E-state index in [1.165, 1.54) is 0 Å². The van der Waals surface area contributed by atoms with Crippen molar-refractivity contribution in [1.82, 2.24) is 15.2 Å². The predicted octanol–water partition coefficient (Wildman–Crippen LogP) is 1.26. The minimum atomic E-state index is -2.82. The van der Waals surface area contributed by atoms with Crippen molar-refractivity contribution in [1.29, 1.82) is 0 Å². The highest BCUT2D eigenvalue weighted by molar-refractivity contribution is 7.91. The third kappa shape index (κ3) is 4.51. The Morgan fingerprint density at radius 1 is 1.55 bits per heavy atom. The summed E-state index contributed by atoms with van der Waals surface area (Å²) in [5.74, 6) is 0.609. The fourth-order valence-electron chi connectivity index (χ4n) is 2.30. The molecule has 0 bridgehead atoms. The molecular weight excluding hydrogens is 294 g/mol. The Labute approximate surface area is 125 Å². The van der Waals surface area contributed by atoms with Crippen LogP contribution in [0, 0.1) is 0 Å². The van der Waals surface area contributed by atoms with Gasteiger partial charge >= 0.3 is 0 Å². The molecule has 5 nitrogen and oxygen atoms in total. The van der Waals surface area contributed by atoms with Crippen LogP contribution < -0.4 is 5.32 Å². The van der Waals surface area contributed by atoms with Crippen molar-refractivity contribution in [3.63, 3.8) is 0 Å². The van der Waals surface area contributed by atoms with E-state index in [1.54, 1.807) is 11.3 Å². The molecular formula is C13H23N3O2S2. The smallest absolute Gasteiger partial charge is 0.151 e. The average Bonchev–Trinajstić information content (AvgIpc) is 2.93. The molecule has 0 aromatic carbocycles. The van der Waals surface area contributed by atoms with Gasteiger partial charge in [-0.15, -0.1) is 11.3 Å². The predicted molar refractivity (Wildman–Crippen MR) is 82.6 cm³/mol. The summed E-state index contributed by atoms with van der Waals surface area (Å²) in [6.45, 7) is 5.74. The Morgan fingerprint density at radius 3 is 2.90 bits per heavy atom. The fourth-order valence-corrected chi connectivity index (χ4v) is 4.84. The standard InChI is InChI=1S/C13H23N3O2S2/c1-10(2)14-6-13-15-11(8-19-13)7-16(3)12-4-5-20(17,18)9-12/h8,10,12,14H,4-7,9H2,1-3H3. The van der Waals surface area contributed by atoms with E-state index in [4.69, 9.17) is 0 Å². The van der Waals surface area contributed by atoms with Gasteiger partial charge in [-0.2, -0.15) is 0 Å². The highest BCUT2D eigenvalue weighted by Crippen LogP contribution is 2.19. The number of rotatable bonds is 6. The molecule has 1 aromatic heterocycles. The van der Waals surface area contributed by atoms with Crippen molar-refractivity contribution in [3.8, 4) is 0 Å². The lowest BCUT2D eigenvalue weighted by atomic mass is 10.2. The van der Waals surface area contributed by atoms with E-state index in [9.17, 15) is 8.42 Å². The van der Waals surface area contributed by atoms with Crippen LogP contribution in [0.3, 0.4) is 0 Å². The van der Waals surface area contributed by atoms with Crippen molar-refractivity contribution < 1.29 is 8.42 Å². The third-order valence-corrected chi connectivity index (χ3v) is 6.15. The SMILES string of the molecule is CC(C)NCc1nc(CN(C)C2CCS(=O)(=O)C2)cs1. The van der Waals surface area contributed by atoms with Gasteiger partial charge in [0.15, 0.2) is 9.84 Å². The molecule has 0 spiro atoms. The molecule has 7 heteroatoms. The molecule has 1 aliphatic heterocycles. The van der Waals surface area contributed by atoms with Crippen LogP contribution in [0.15, 0.2) is 5.38 Å². The molecule has 2 rings (SSSR count). The molecule has 1 aliphatic rings. The van der Waals surface area contributed by atoms with E-state index in [-0.39, 0.29) is 11.8 Å². The first-order valence-electron chi connectivity index (χ1n) is 6.93. The maximum atomic E-state index is 11.5. The Balaban J connectivity index is 1.87. The van der Waals surface area contributed by atoms with Crippen LogP contribution in [0.1, 0.15) is 31.0 Å². The van der Waals surface area contributed by atoms with E-state index in [2.05, 4.69) is 34.4 Å². The van der Waals surface area contributed by atoms with Gasteiger partial charge < -0.3 is 5.32 Å². The summed E-state index contributed by atoms with van der Waals surface area (Å²) in [5.41, 5.74) is 1.03. The second-order valence-electron chi connectivity index (χ2n) is 5.74. The van der Waals surface area contributed by atoms with E-state index < -0.39 is 9.84 Å². The van der Waals surface area contributed by atoms with Gasteiger partial charge in [-0.3, -0.25) is 4.90 Å². The molecule has 1 unspecified atom stereocenters. The fraction of sp³-hybridized carbons (Fsp3) is 0.769. The van der Waals surface area contributed by atoms with Crippen LogP contribution in [0.25, 0.3) is 0 Å². The quantitative estimate of drug-likeness (QED) is 0.856. The number of sulfone groups is 1. The Bertz CT molecular complexity index is 540. The van der Waals surface area contributed by atoms with Gasteiger partial charge in [0.05, 0.1) is 17.2 Å². The number of hydrogen-bond donors (Lipinski definition) is 1. The molecule has 1 atom stereocenters. The largest absolute Gasteiger partial charge is 0.308 e. The van der Waals surface area contributed by atoms with Crippen molar-refractivity contribution in [3.05, 3.63) is 16.1 Å². The van der Waals surface area contributed by atoms with Gasteiger partial charge in [0.1, 0.15) is 5.01 Å². The molecule has 0 saturated carbocycles. The second kappa shape index (κ2) is 6.51. The summed E-state index contributed by atoms with van der Waals surface area (Å²) in [7, 11) is -0.832. The monoisotopic (exact) mass is 317 g/mol. The summed E-state index contributed by atoms with van der Waals surface area (Å²) >= 11 is 1.66. The first-order valence-corrected chi connectivity index (χ1v) is 9.63. The molecule has 20 heavy (non-hydrogen) atoms. The zero-order valence-corrected chi connectivity index (χ0v) is 13.9. The molecule has 114 valence electrons. The highest BCUT2D eigenvalue weighted by Gasteiger charge is 2.30. The van der Waals surface area contributed by atoms with Crippen molar-refractivity contribution in [2.45, 2.75) is 45.4 Å². The Morgan fingerprint density at radius 2 is 2.30 bits per heavy atom. The van der Waals surface area contributed by atoms with Crippen LogP contribution in [0.4, 0.5) is 0 Å². The van der Waals surface area contributed by atoms with Crippen molar-refractivity contribution in [2.75, 3.05) is 18.6 Å². The molecule has 1 saturated heterocycles. The summed E-state index contributed by atoms with van der Waals surface area (Å²) in [6.07, 6.45) is 0.741. The maximum absolute atomic E-state index is 11.5. The summed E-state index contributed by atoms with van der Waals surface area (Å²) in [4.78, 5) is 6.71. The minimum Gasteiger partial charge on any atom is -0.308 e.